The van der Waals surface area contributed by atoms with Crippen molar-refractivity contribution in [2.75, 3.05) is 5.32 Å². The van der Waals surface area contributed by atoms with Crippen LogP contribution in [0.15, 0.2) is 39.7 Å². The number of aryl methyl sites for hydroxylation is 1. The molecule has 2 rings (SSSR count). The predicted octanol–water partition coefficient (Wildman–Crippen LogP) is 2.25. The summed E-state index contributed by atoms with van der Waals surface area (Å²) in [5.41, 5.74) is 0.906. The fourth-order valence-electron chi connectivity index (χ4n) is 1.34. The van der Waals surface area contributed by atoms with E-state index in [4.69, 9.17) is 11.6 Å². The first-order valence-corrected chi connectivity index (χ1v) is 5.47. The third-order valence-electron chi connectivity index (χ3n) is 2.26. The van der Waals surface area contributed by atoms with Crippen molar-refractivity contribution >= 4 is 23.2 Å². The number of hydrogen-bond acceptors (Lipinski definition) is 4. The molecule has 0 unspecified atom stereocenters. The molecule has 0 saturated carbocycles. The van der Waals surface area contributed by atoms with Crippen molar-refractivity contribution in [3.63, 3.8) is 0 Å². The molecule has 2 aromatic rings. The van der Waals surface area contributed by atoms with Crippen LogP contribution in [0.4, 0.5) is 5.69 Å². The molecule has 6 heteroatoms. The number of anilines is 1. The first-order valence-electron chi connectivity index (χ1n) is 5.09. The van der Waals surface area contributed by atoms with Gasteiger partial charge in [0.15, 0.2) is 0 Å². The van der Waals surface area contributed by atoms with E-state index in [0.29, 0.717) is 16.5 Å². The summed E-state index contributed by atoms with van der Waals surface area (Å²) in [6, 6.07) is 5.80. The Morgan fingerprint density at radius 1 is 1.33 bits per heavy atom. The molecule has 0 aromatic carbocycles. The number of pyridine rings is 1. The second kappa shape index (κ2) is 5.01. The minimum Gasteiger partial charge on any atom is -0.430 e. The minimum atomic E-state index is -0.504. The van der Waals surface area contributed by atoms with Crippen LogP contribution >= 0.6 is 11.6 Å². The first-order chi connectivity index (χ1) is 8.56. The normalized spacial score (nSPS) is 10.1. The lowest BCUT2D eigenvalue weighted by Gasteiger charge is -2.07. The maximum Gasteiger partial charge on any atom is 0.335 e. The lowest BCUT2D eigenvalue weighted by molar-refractivity contribution is 0.102. The van der Waals surface area contributed by atoms with E-state index < -0.39 is 5.63 Å². The van der Waals surface area contributed by atoms with E-state index in [0.717, 1.165) is 6.26 Å². The van der Waals surface area contributed by atoms with Crippen molar-refractivity contribution in [3.05, 3.63) is 57.4 Å². The smallest absolute Gasteiger partial charge is 0.335 e. The summed E-state index contributed by atoms with van der Waals surface area (Å²) in [6.45, 7) is 1.73. The number of amides is 1. The minimum absolute atomic E-state index is 0.254. The Bertz CT molecular complexity index is 632. The average molecular weight is 265 g/mol. The topological polar surface area (TPSA) is 72.2 Å². The average Bonchev–Trinajstić information content (AvgIpc) is 2.33. The third kappa shape index (κ3) is 2.75. The Labute approximate surface area is 107 Å². The van der Waals surface area contributed by atoms with Crippen LogP contribution in [0.5, 0.6) is 0 Å². The molecule has 1 N–H and O–H groups in total. The zero-order valence-electron chi connectivity index (χ0n) is 9.44. The summed E-state index contributed by atoms with van der Waals surface area (Å²) < 4.78 is 4.61. The molecule has 0 aliphatic rings. The van der Waals surface area contributed by atoms with Crippen molar-refractivity contribution in [2.45, 2.75) is 6.92 Å². The van der Waals surface area contributed by atoms with Gasteiger partial charge in [0.05, 0.1) is 16.9 Å². The molecule has 92 valence electrons. The van der Waals surface area contributed by atoms with E-state index in [9.17, 15) is 9.59 Å². The van der Waals surface area contributed by atoms with Gasteiger partial charge in [0, 0.05) is 6.07 Å². The van der Waals surface area contributed by atoms with Gasteiger partial charge < -0.3 is 9.73 Å². The van der Waals surface area contributed by atoms with E-state index in [1.54, 1.807) is 19.1 Å². The fourth-order valence-corrected chi connectivity index (χ4v) is 1.53. The molecule has 0 saturated heterocycles. The van der Waals surface area contributed by atoms with Gasteiger partial charge in [-0.2, -0.15) is 0 Å². The van der Waals surface area contributed by atoms with E-state index in [-0.39, 0.29) is 11.5 Å². The predicted molar refractivity (Wildman–Crippen MR) is 66.9 cm³/mol. The van der Waals surface area contributed by atoms with Crippen LogP contribution in [0.2, 0.25) is 5.15 Å². The number of rotatable bonds is 2. The zero-order valence-corrected chi connectivity index (χ0v) is 10.2. The van der Waals surface area contributed by atoms with Crippen molar-refractivity contribution in [3.8, 4) is 0 Å². The molecule has 0 spiro atoms. The van der Waals surface area contributed by atoms with Crippen LogP contribution in [0, 0.1) is 6.92 Å². The molecule has 0 aliphatic carbocycles. The summed E-state index contributed by atoms with van der Waals surface area (Å²) in [7, 11) is 0. The molecule has 0 fully saturated rings. The van der Waals surface area contributed by atoms with Gasteiger partial charge in [0.25, 0.3) is 5.91 Å². The maximum absolute atomic E-state index is 11.8. The highest BCUT2D eigenvalue weighted by atomic mass is 35.5. The maximum atomic E-state index is 11.8. The number of nitrogens with one attached hydrogen (secondary N) is 1. The second-order valence-corrected chi connectivity index (χ2v) is 3.95. The molecule has 5 nitrogen and oxygen atoms in total. The van der Waals surface area contributed by atoms with Gasteiger partial charge in [0.2, 0.25) is 0 Å². The molecule has 18 heavy (non-hydrogen) atoms. The number of halogens is 1. The summed E-state index contributed by atoms with van der Waals surface area (Å²) in [5, 5.41) is 3.01. The van der Waals surface area contributed by atoms with Crippen LogP contribution in [0.3, 0.4) is 0 Å². The summed E-state index contributed by atoms with van der Waals surface area (Å²) in [4.78, 5) is 26.6. The Morgan fingerprint density at radius 3 is 2.72 bits per heavy atom. The lowest BCUT2D eigenvalue weighted by Crippen LogP contribution is -2.14. The van der Waals surface area contributed by atoms with Crippen LogP contribution < -0.4 is 10.9 Å². The third-order valence-corrected chi connectivity index (χ3v) is 2.47. The number of carbonyl (C=O) groups is 1. The van der Waals surface area contributed by atoms with Gasteiger partial charge >= 0.3 is 5.63 Å². The fraction of sp³-hybridized carbons (Fsp3) is 0.0833. The summed E-state index contributed by atoms with van der Waals surface area (Å²) in [6.07, 6.45) is 1.11. The number of hydrogen-bond donors (Lipinski definition) is 1. The Morgan fingerprint density at radius 2 is 2.11 bits per heavy atom. The molecule has 1 amide bonds. The molecular formula is C12H9ClN2O3. The van der Waals surface area contributed by atoms with Crippen molar-refractivity contribution in [2.24, 2.45) is 0 Å². The van der Waals surface area contributed by atoms with E-state index >= 15 is 0 Å². The van der Waals surface area contributed by atoms with Gasteiger partial charge in [-0.3, -0.25) is 4.79 Å². The quantitative estimate of drug-likeness (QED) is 0.845. The molecule has 0 bridgehead atoms. The first kappa shape index (κ1) is 12.3. The molecule has 0 radical (unpaired) electrons. The van der Waals surface area contributed by atoms with E-state index in [1.807, 2.05) is 0 Å². The Balaban J connectivity index is 2.21. The SMILES string of the molecule is Cc1nc(Cl)ccc1NC(=O)c1ccc(=O)oc1. The number of carbonyl (C=O) groups excluding carboxylic acids is 1. The van der Waals surface area contributed by atoms with Crippen molar-refractivity contribution in [1.82, 2.24) is 4.98 Å². The monoisotopic (exact) mass is 264 g/mol. The van der Waals surface area contributed by atoms with Crippen LogP contribution in [0.25, 0.3) is 0 Å². The van der Waals surface area contributed by atoms with Gasteiger partial charge in [-0.15, -0.1) is 0 Å². The highest BCUT2D eigenvalue weighted by molar-refractivity contribution is 6.29. The van der Waals surface area contributed by atoms with Gasteiger partial charge in [0.1, 0.15) is 11.4 Å². The largest absolute Gasteiger partial charge is 0.430 e. The molecule has 0 atom stereocenters. The molecule has 2 aromatic heterocycles. The van der Waals surface area contributed by atoms with Gasteiger partial charge in [-0.25, -0.2) is 9.78 Å². The summed E-state index contributed by atoms with van der Waals surface area (Å²) in [5.74, 6) is -0.383. The second-order valence-electron chi connectivity index (χ2n) is 3.56. The lowest BCUT2D eigenvalue weighted by atomic mass is 10.2. The summed E-state index contributed by atoms with van der Waals surface area (Å²) >= 11 is 5.71. The Kier molecular flexibility index (Phi) is 3.43. The van der Waals surface area contributed by atoms with Gasteiger partial charge in [-0.05, 0) is 25.1 Å². The zero-order chi connectivity index (χ0) is 13.1. The van der Waals surface area contributed by atoms with Crippen molar-refractivity contribution < 1.29 is 9.21 Å². The number of nitrogens with zero attached hydrogens (tertiary/aromatic N) is 1. The molecule has 2 heterocycles. The number of aromatic nitrogens is 1. The van der Waals surface area contributed by atoms with E-state index in [2.05, 4.69) is 14.7 Å². The molecular weight excluding hydrogens is 256 g/mol. The Hall–Kier alpha value is -2.14. The van der Waals surface area contributed by atoms with Crippen LogP contribution in [-0.4, -0.2) is 10.9 Å². The standard InChI is InChI=1S/C12H9ClN2O3/c1-7-9(3-4-10(13)14-7)15-12(17)8-2-5-11(16)18-6-8/h2-6H,1H3,(H,15,17). The molecule has 0 aliphatic heterocycles. The highest BCUT2D eigenvalue weighted by Crippen LogP contribution is 2.16. The van der Waals surface area contributed by atoms with Gasteiger partial charge in [-0.1, -0.05) is 11.6 Å². The van der Waals surface area contributed by atoms with Crippen LogP contribution in [0.1, 0.15) is 16.1 Å². The highest BCUT2D eigenvalue weighted by Gasteiger charge is 2.09. The van der Waals surface area contributed by atoms with E-state index in [1.165, 1.54) is 12.1 Å². The van der Waals surface area contributed by atoms with Crippen LogP contribution in [-0.2, 0) is 0 Å². The van der Waals surface area contributed by atoms with Crippen molar-refractivity contribution in [1.29, 1.82) is 0 Å².